The number of nitrogens with zero attached hydrogens (tertiary/aromatic N) is 1. The molecule has 1 amide bonds. The van der Waals surface area contributed by atoms with Crippen molar-refractivity contribution in [1.29, 1.82) is 0 Å². The number of sulfonamides is 1. The van der Waals surface area contributed by atoms with Crippen LogP contribution in [0.3, 0.4) is 0 Å². The Hall–Kier alpha value is -1.89. The first-order valence-corrected chi connectivity index (χ1v) is 11.5. The number of hydrogen-bond acceptors (Lipinski definition) is 4. The number of ketones is 1. The quantitative estimate of drug-likeness (QED) is 0.403. The van der Waals surface area contributed by atoms with Crippen molar-refractivity contribution in [3.8, 4) is 0 Å². The molecule has 0 heterocycles. The molecule has 1 aromatic carbocycles. The van der Waals surface area contributed by atoms with Crippen molar-refractivity contribution in [2.45, 2.75) is 58.8 Å². The fourth-order valence-electron chi connectivity index (χ4n) is 2.83. The predicted octanol–water partition coefficient (Wildman–Crippen LogP) is 3.84. The summed E-state index contributed by atoms with van der Waals surface area (Å²) < 4.78 is 24.7. The van der Waals surface area contributed by atoms with E-state index in [1.54, 1.807) is 24.3 Å². The summed E-state index contributed by atoms with van der Waals surface area (Å²) in [5.74, 6) is -0.107. The summed E-state index contributed by atoms with van der Waals surface area (Å²) in [6.07, 6.45) is 7.19. The highest BCUT2D eigenvalue weighted by atomic mass is 32.2. The van der Waals surface area contributed by atoms with Gasteiger partial charge >= 0.3 is 0 Å². The van der Waals surface area contributed by atoms with E-state index in [-0.39, 0.29) is 24.5 Å². The van der Waals surface area contributed by atoms with Crippen LogP contribution in [0.15, 0.2) is 24.3 Å². The van der Waals surface area contributed by atoms with Crippen LogP contribution in [0.2, 0.25) is 0 Å². The van der Waals surface area contributed by atoms with Crippen LogP contribution in [0.1, 0.15) is 69.2 Å². The van der Waals surface area contributed by atoms with E-state index in [9.17, 15) is 18.0 Å². The molecular weight excluding hydrogens is 368 g/mol. The summed E-state index contributed by atoms with van der Waals surface area (Å²) in [7, 11) is -3.34. The van der Waals surface area contributed by atoms with E-state index in [4.69, 9.17) is 0 Å². The Morgan fingerprint density at radius 3 is 2.15 bits per heavy atom. The minimum Gasteiger partial charge on any atom is -0.343 e. The van der Waals surface area contributed by atoms with Crippen molar-refractivity contribution >= 4 is 27.4 Å². The lowest BCUT2D eigenvalue weighted by Crippen LogP contribution is -2.32. The third kappa shape index (κ3) is 9.56. The zero-order valence-corrected chi connectivity index (χ0v) is 17.5. The Balaban J connectivity index is 2.46. The Morgan fingerprint density at radius 1 is 0.963 bits per heavy atom. The van der Waals surface area contributed by atoms with E-state index < -0.39 is 10.0 Å². The molecule has 27 heavy (non-hydrogen) atoms. The van der Waals surface area contributed by atoms with Crippen molar-refractivity contribution in [3.63, 3.8) is 0 Å². The van der Waals surface area contributed by atoms with Crippen LogP contribution in [0.25, 0.3) is 0 Å². The van der Waals surface area contributed by atoms with Crippen LogP contribution < -0.4 is 4.72 Å². The van der Waals surface area contributed by atoms with Crippen molar-refractivity contribution in [2.24, 2.45) is 0 Å². The van der Waals surface area contributed by atoms with E-state index in [1.807, 2.05) is 11.8 Å². The minimum atomic E-state index is -3.34. The van der Waals surface area contributed by atoms with Crippen LogP contribution in [-0.4, -0.2) is 44.4 Å². The number of carbonyl (C=O) groups is 2. The van der Waals surface area contributed by atoms with Gasteiger partial charge in [0.05, 0.1) is 6.26 Å². The van der Waals surface area contributed by atoms with Gasteiger partial charge in [0.1, 0.15) is 0 Å². The van der Waals surface area contributed by atoms with Gasteiger partial charge in [-0.15, -0.1) is 0 Å². The molecule has 0 saturated heterocycles. The van der Waals surface area contributed by atoms with Crippen molar-refractivity contribution in [2.75, 3.05) is 24.1 Å². The number of carbonyl (C=O) groups excluding carboxylic acids is 2. The first kappa shape index (κ1) is 23.1. The van der Waals surface area contributed by atoms with Gasteiger partial charge in [0.15, 0.2) is 5.78 Å². The third-order valence-corrected chi connectivity index (χ3v) is 4.95. The molecule has 0 aromatic heterocycles. The maximum Gasteiger partial charge on any atom is 0.229 e. The van der Waals surface area contributed by atoms with E-state index in [2.05, 4.69) is 11.6 Å². The summed E-state index contributed by atoms with van der Waals surface area (Å²) in [5, 5.41) is 0. The zero-order chi connectivity index (χ0) is 20.3. The number of anilines is 1. The molecule has 7 heteroatoms. The Bertz CT molecular complexity index is 699. The molecule has 6 nitrogen and oxygen atoms in total. The molecule has 152 valence electrons. The van der Waals surface area contributed by atoms with Gasteiger partial charge in [0.2, 0.25) is 15.9 Å². The monoisotopic (exact) mass is 400 g/mol. The molecule has 0 fully saturated rings. The van der Waals surface area contributed by atoms with Gasteiger partial charge in [0.25, 0.3) is 0 Å². The van der Waals surface area contributed by atoms with E-state index in [1.165, 1.54) is 19.3 Å². The van der Waals surface area contributed by atoms with Gasteiger partial charge in [-0.25, -0.2) is 8.42 Å². The highest BCUT2D eigenvalue weighted by molar-refractivity contribution is 7.92. The summed E-state index contributed by atoms with van der Waals surface area (Å²) in [6, 6.07) is 6.24. The van der Waals surface area contributed by atoms with Crippen LogP contribution in [0, 0.1) is 0 Å². The molecule has 0 atom stereocenters. The topological polar surface area (TPSA) is 83.6 Å². The molecule has 1 rings (SSSR count). The molecular formula is C20H32N2O4S. The molecule has 0 spiro atoms. The highest BCUT2D eigenvalue weighted by Gasteiger charge is 2.14. The molecule has 0 aliphatic rings. The number of unbranched alkanes of at least 4 members (excludes halogenated alkanes) is 4. The van der Waals surface area contributed by atoms with Gasteiger partial charge < -0.3 is 4.90 Å². The summed E-state index contributed by atoms with van der Waals surface area (Å²) in [6.45, 7) is 5.54. The Morgan fingerprint density at radius 2 is 1.59 bits per heavy atom. The van der Waals surface area contributed by atoms with E-state index in [0.29, 0.717) is 17.8 Å². The molecule has 0 radical (unpaired) electrons. The summed E-state index contributed by atoms with van der Waals surface area (Å²) >= 11 is 0. The van der Waals surface area contributed by atoms with E-state index >= 15 is 0 Å². The third-order valence-electron chi connectivity index (χ3n) is 4.34. The Labute approximate surface area is 163 Å². The molecule has 0 bridgehead atoms. The average molecular weight is 401 g/mol. The van der Waals surface area contributed by atoms with Crippen LogP contribution >= 0.6 is 0 Å². The predicted molar refractivity (Wildman–Crippen MR) is 109 cm³/mol. The number of rotatable bonds is 13. The van der Waals surface area contributed by atoms with Gasteiger partial charge in [0, 0.05) is 37.2 Å². The lowest BCUT2D eigenvalue weighted by atomic mass is 10.1. The molecule has 0 aliphatic carbocycles. The number of nitrogens with one attached hydrogen (secondary N) is 1. The van der Waals surface area contributed by atoms with E-state index in [0.717, 1.165) is 25.6 Å². The van der Waals surface area contributed by atoms with Crippen LogP contribution in [-0.2, 0) is 14.8 Å². The molecule has 0 unspecified atom stereocenters. The second-order valence-electron chi connectivity index (χ2n) is 6.76. The van der Waals surface area contributed by atoms with Gasteiger partial charge in [-0.2, -0.15) is 0 Å². The number of hydrogen-bond donors (Lipinski definition) is 1. The maximum absolute atomic E-state index is 12.3. The first-order chi connectivity index (χ1) is 12.8. The van der Waals surface area contributed by atoms with Gasteiger partial charge in [-0.1, -0.05) is 32.6 Å². The highest BCUT2D eigenvalue weighted by Crippen LogP contribution is 2.14. The minimum absolute atomic E-state index is 0.0108. The van der Waals surface area contributed by atoms with Crippen LogP contribution in [0.5, 0.6) is 0 Å². The fourth-order valence-corrected chi connectivity index (χ4v) is 3.39. The van der Waals surface area contributed by atoms with Crippen molar-refractivity contribution in [1.82, 2.24) is 4.90 Å². The fraction of sp³-hybridized carbons (Fsp3) is 0.600. The molecule has 0 aliphatic heterocycles. The first-order valence-electron chi connectivity index (χ1n) is 9.65. The second-order valence-corrected chi connectivity index (χ2v) is 8.51. The Kier molecular flexibility index (Phi) is 10.1. The number of benzene rings is 1. The number of Topliss-reactive ketones (excluding diaryl/α,β-unsaturated/α-hetero) is 1. The zero-order valence-electron chi connectivity index (χ0n) is 16.7. The smallest absolute Gasteiger partial charge is 0.229 e. The van der Waals surface area contributed by atoms with Crippen molar-refractivity contribution < 1.29 is 18.0 Å². The maximum atomic E-state index is 12.3. The van der Waals surface area contributed by atoms with Gasteiger partial charge in [-0.05, 0) is 37.6 Å². The van der Waals surface area contributed by atoms with Gasteiger partial charge in [-0.3, -0.25) is 14.3 Å². The second kappa shape index (κ2) is 11.7. The van der Waals surface area contributed by atoms with Crippen molar-refractivity contribution in [3.05, 3.63) is 29.8 Å². The summed E-state index contributed by atoms with van der Waals surface area (Å²) in [5.41, 5.74) is 0.884. The molecule has 1 aromatic rings. The SMILES string of the molecule is CCCCCCCN(CC)[14C](=O)CC[14C](=O)c1ccc(NS(C)(=O)=O)cc1. The lowest BCUT2D eigenvalue weighted by Gasteiger charge is -2.20. The number of amides is 1. The standard InChI is InChI=1S/C20H32N2O4S/c1-4-6-7-8-9-16-22(5-2)20(24)15-14-19(23)17-10-12-18(13-11-17)21-27(3,25)26/h10-13,21H,4-9,14-16H2,1-3H3/i19+2,20+2. The lowest BCUT2D eigenvalue weighted by molar-refractivity contribution is -0.131. The largest absolute Gasteiger partial charge is 0.343 e. The average Bonchev–Trinajstić information content (AvgIpc) is 2.61. The molecule has 1 N–H and O–H groups in total. The molecule has 0 saturated carbocycles. The van der Waals surface area contributed by atoms with Crippen LogP contribution in [0.4, 0.5) is 5.69 Å². The normalized spacial score (nSPS) is 11.2. The summed E-state index contributed by atoms with van der Waals surface area (Å²) in [4.78, 5) is 26.4.